The van der Waals surface area contributed by atoms with Crippen LogP contribution in [0.2, 0.25) is 0 Å². The minimum atomic E-state index is 0.469. The molecule has 0 saturated heterocycles. The fourth-order valence-corrected chi connectivity index (χ4v) is 3.28. The van der Waals surface area contributed by atoms with Gasteiger partial charge in [0.2, 0.25) is 0 Å². The van der Waals surface area contributed by atoms with Crippen molar-refractivity contribution in [2.24, 2.45) is 0 Å². The highest BCUT2D eigenvalue weighted by Gasteiger charge is 2.21. The number of allylic oxidation sites excluding steroid dienone is 1. The summed E-state index contributed by atoms with van der Waals surface area (Å²) in [5.41, 5.74) is 2.68. The second-order valence-electron chi connectivity index (χ2n) is 4.07. The summed E-state index contributed by atoms with van der Waals surface area (Å²) in [4.78, 5) is 2.15. The van der Waals surface area contributed by atoms with Crippen LogP contribution in [-0.2, 0) is 0 Å². The number of thiocarbonyl (C=S) groups is 1. The van der Waals surface area contributed by atoms with E-state index in [2.05, 4.69) is 55.4 Å². The minimum Gasteiger partial charge on any atom is -0.381 e. The quantitative estimate of drug-likeness (QED) is 0.737. The van der Waals surface area contributed by atoms with Crippen molar-refractivity contribution < 1.29 is 0 Å². The Labute approximate surface area is 107 Å². The molecule has 0 fully saturated rings. The first-order valence-electron chi connectivity index (χ1n) is 5.30. The number of nitrogens with zero attached hydrogens (tertiary/aromatic N) is 1. The number of rotatable bonds is 2. The molecule has 0 aromatic heterocycles. The Kier molecular flexibility index (Phi) is 3.66. The van der Waals surface area contributed by atoms with E-state index in [0.717, 1.165) is 10.6 Å². The molecule has 0 aliphatic carbocycles. The smallest absolute Gasteiger partial charge is 0.0729 e. The summed E-state index contributed by atoms with van der Waals surface area (Å²) in [6.45, 7) is 0. The Hall–Kier alpha value is -0.800. The number of hydrogen-bond acceptors (Lipinski definition) is 3. The van der Waals surface area contributed by atoms with E-state index in [1.807, 2.05) is 0 Å². The highest BCUT2D eigenvalue weighted by molar-refractivity contribution is 8.23. The van der Waals surface area contributed by atoms with E-state index in [9.17, 15) is 0 Å². The molecule has 1 aromatic rings. The third-order valence-electron chi connectivity index (χ3n) is 2.68. The Morgan fingerprint density at radius 2 is 1.94 bits per heavy atom. The van der Waals surface area contributed by atoms with Gasteiger partial charge in [0.1, 0.15) is 0 Å². The van der Waals surface area contributed by atoms with E-state index in [-0.39, 0.29) is 0 Å². The van der Waals surface area contributed by atoms with Crippen molar-refractivity contribution >= 4 is 28.2 Å². The lowest BCUT2D eigenvalue weighted by atomic mass is 10.1. The van der Waals surface area contributed by atoms with Gasteiger partial charge in [0, 0.05) is 31.5 Å². The number of thioether (sulfide) groups is 1. The van der Waals surface area contributed by atoms with Gasteiger partial charge in [-0.3, -0.25) is 0 Å². The predicted molar refractivity (Wildman–Crippen MR) is 75.8 cm³/mol. The maximum absolute atomic E-state index is 5.34. The predicted octanol–water partition coefficient (Wildman–Crippen LogP) is 3.64. The average Bonchev–Trinajstić information content (AvgIpc) is 2.29. The third-order valence-corrected chi connectivity index (χ3v) is 4.16. The molecule has 1 atom stereocenters. The molecule has 1 aromatic carbocycles. The van der Waals surface area contributed by atoms with Gasteiger partial charge in [0.15, 0.2) is 0 Å². The molecule has 0 radical (unpaired) electrons. The zero-order chi connectivity index (χ0) is 11.5. The number of hydrogen-bond donors (Lipinski definition) is 0. The van der Waals surface area contributed by atoms with Gasteiger partial charge in [-0.2, -0.15) is 0 Å². The van der Waals surface area contributed by atoms with Crippen LogP contribution in [0.1, 0.15) is 17.2 Å². The van der Waals surface area contributed by atoms with Crippen molar-refractivity contribution in [3.63, 3.8) is 0 Å². The van der Waals surface area contributed by atoms with Crippen molar-refractivity contribution in [1.29, 1.82) is 0 Å². The van der Waals surface area contributed by atoms with Crippen molar-refractivity contribution in [3.05, 3.63) is 47.7 Å². The fraction of sp³-hybridized carbons (Fsp3) is 0.308. The molecular weight excluding hydrogens is 234 g/mol. The van der Waals surface area contributed by atoms with Gasteiger partial charge in [-0.1, -0.05) is 42.5 Å². The maximum Gasteiger partial charge on any atom is 0.0729 e. The van der Waals surface area contributed by atoms with E-state index in [0.29, 0.717) is 5.25 Å². The molecule has 16 heavy (non-hydrogen) atoms. The maximum atomic E-state index is 5.34. The largest absolute Gasteiger partial charge is 0.381 e. The average molecular weight is 249 g/mol. The lowest BCUT2D eigenvalue weighted by molar-refractivity contribution is 0.485. The molecule has 1 nitrogen and oxygen atoms in total. The first-order valence-corrected chi connectivity index (χ1v) is 6.59. The molecule has 1 unspecified atom stereocenters. The highest BCUT2D eigenvalue weighted by Crippen LogP contribution is 2.40. The Balaban J connectivity index is 2.21. The van der Waals surface area contributed by atoms with E-state index in [1.165, 1.54) is 11.3 Å². The summed E-state index contributed by atoms with van der Waals surface area (Å²) in [7, 11) is 4.15. The van der Waals surface area contributed by atoms with Crippen LogP contribution in [0.25, 0.3) is 0 Å². The summed E-state index contributed by atoms with van der Waals surface area (Å²) < 4.78 is 0.990. The first kappa shape index (κ1) is 11.7. The molecule has 1 aliphatic heterocycles. The van der Waals surface area contributed by atoms with E-state index < -0.39 is 0 Å². The lowest BCUT2D eigenvalue weighted by Gasteiger charge is -2.27. The fourth-order valence-electron chi connectivity index (χ4n) is 1.77. The Morgan fingerprint density at radius 3 is 2.56 bits per heavy atom. The summed E-state index contributed by atoms with van der Waals surface area (Å²) in [6.07, 6.45) is 3.17. The molecule has 0 amide bonds. The molecule has 0 spiro atoms. The van der Waals surface area contributed by atoms with Crippen molar-refractivity contribution in [2.75, 3.05) is 14.1 Å². The van der Waals surface area contributed by atoms with E-state index in [1.54, 1.807) is 11.8 Å². The minimum absolute atomic E-state index is 0.469. The number of benzene rings is 1. The highest BCUT2D eigenvalue weighted by atomic mass is 32.2. The zero-order valence-electron chi connectivity index (χ0n) is 9.51. The molecule has 3 heteroatoms. The van der Waals surface area contributed by atoms with Crippen LogP contribution in [0.3, 0.4) is 0 Å². The van der Waals surface area contributed by atoms with Crippen LogP contribution in [0.5, 0.6) is 0 Å². The van der Waals surface area contributed by atoms with Crippen LogP contribution in [0, 0.1) is 0 Å². The van der Waals surface area contributed by atoms with Gasteiger partial charge in [0.05, 0.1) is 4.20 Å². The summed E-state index contributed by atoms with van der Waals surface area (Å²) in [5, 5.41) is 0.469. The van der Waals surface area contributed by atoms with Gasteiger partial charge < -0.3 is 4.90 Å². The van der Waals surface area contributed by atoms with Crippen LogP contribution >= 0.6 is 24.0 Å². The molecule has 2 rings (SSSR count). The second kappa shape index (κ2) is 5.02. The van der Waals surface area contributed by atoms with Gasteiger partial charge >= 0.3 is 0 Å². The molecule has 1 aliphatic rings. The van der Waals surface area contributed by atoms with Crippen LogP contribution in [-0.4, -0.2) is 23.2 Å². The second-order valence-corrected chi connectivity index (χ2v) is 6.01. The zero-order valence-corrected chi connectivity index (χ0v) is 11.1. The Bertz CT molecular complexity index is 409. The van der Waals surface area contributed by atoms with Crippen molar-refractivity contribution in [1.82, 2.24) is 4.90 Å². The summed E-state index contributed by atoms with van der Waals surface area (Å²) >= 11 is 7.13. The summed E-state index contributed by atoms with van der Waals surface area (Å²) in [5.74, 6) is 0. The Morgan fingerprint density at radius 1 is 1.25 bits per heavy atom. The third kappa shape index (κ3) is 2.66. The molecule has 1 heterocycles. The molecule has 84 valence electrons. The van der Waals surface area contributed by atoms with Crippen LogP contribution in [0.15, 0.2) is 42.1 Å². The first-order chi connectivity index (χ1) is 7.66. The van der Waals surface area contributed by atoms with Gasteiger partial charge in [-0.15, -0.1) is 11.8 Å². The molecule has 0 bridgehead atoms. The van der Waals surface area contributed by atoms with Gasteiger partial charge in [0.25, 0.3) is 0 Å². The van der Waals surface area contributed by atoms with Crippen LogP contribution in [0.4, 0.5) is 0 Å². The normalized spacial score (nSPS) is 20.5. The lowest BCUT2D eigenvalue weighted by Crippen LogP contribution is -2.17. The van der Waals surface area contributed by atoms with Crippen LogP contribution < -0.4 is 0 Å². The summed E-state index contributed by atoms with van der Waals surface area (Å²) in [6, 6.07) is 10.6. The van der Waals surface area contributed by atoms with Gasteiger partial charge in [-0.25, -0.2) is 0 Å². The molecular formula is C13H15NS2. The SMILES string of the molecule is CN(C)C1=CC(=S)SC(c2ccccc2)C1. The van der Waals surface area contributed by atoms with E-state index >= 15 is 0 Å². The van der Waals surface area contributed by atoms with Crippen molar-refractivity contribution in [3.8, 4) is 0 Å². The topological polar surface area (TPSA) is 3.24 Å². The molecule has 0 N–H and O–H groups in total. The van der Waals surface area contributed by atoms with Gasteiger partial charge in [-0.05, 0) is 11.6 Å². The van der Waals surface area contributed by atoms with Crippen molar-refractivity contribution in [2.45, 2.75) is 11.7 Å². The molecule has 0 saturated carbocycles. The standard InChI is InChI=1S/C13H15NS2/c1-14(2)11-8-12(16-13(15)9-11)10-6-4-3-5-7-10/h3-7,9,12H,8H2,1-2H3. The van der Waals surface area contributed by atoms with E-state index in [4.69, 9.17) is 12.2 Å². The monoisotopic (exact) mass is 249 g/mol.